The Morgan fingerprint density at radius 2 is 2.47 bits per heavy atom. The Kier molecular flexibility index (Phi) is 4.34. The number of hydrogen-bond donors (Lipinski definition) is 1. The van der Waals surface area contributed by atoms with Crippen LogP contribution in [0.25, 0.3) is 0 Å². The largest absolute Gasteiger partial charge is 0.466 e. The Morgan fingerprint density at radius 3 is 3.24 bits per heavy atom. The molecule has 1 aliphatic heterocycles. The maximum Gasteiger partial charge on any atom is 0.307 e. The highest BCUT2D eigenvalue weighted by Gasteiger charge is 2.21. The van der Waals surface area contributed by atoms with E-state index in [1.807, 2.05) is 19.1 Å². The Bertz CT molecular complexity index is 425. The highest BCUT2D eigenvalue weighted by atomic mass is 79.9. The fourth-order valence-electron chi connectivity index (χ4n) is 1.72. The summed E-state index contributed by atoms with van der Waals surface area (Å²) in [6, 6.07) is 6.28. The molecule has 1 aromatic rings. The molecular weight excluding hydrogens is 302 g/mol. The molecular formula is C12H14BrNO2S. The summed E-state index contributed by atoms with van der Waals surface area (Å²) < 4.78 is 6.03. The number of rotatable bonds is 3. The first-order valence-electron chi connectivity index (χ1n) is 5.53. The van der Waals surface area contributed by atoms with Crippen LogP contribution in [0.1, 0.15) is 13.3 Å². The number of ether oxygens (including phenoxy) is 1. The average molecular weight is 316 g/mol. The monoisotopic (exact) mass is 315 g/mol. The van der Waals surface area contributed by atoms with E-state index in [2.05, 4.69) is 27.3 Å². The fourth-order valence-corrected chi connectivity index (χ4v) is 3.31. The highest BCUT2D eigenvalue weighted by molar-refractivity contribution is 9.10. The van der Waals surface area contributed by atoms with Crippen molar-refractivity contribution < 1.29 is 9.53 Å². The van der Waals surface area contributed by atoms with E-state index >= 15 is 0 Å². The second kappa shape index (κ2) is 5.78. The van der Waals surface area contributed by atoms with Crippen molar-refractivity contribution >= 4 is 39.3 Å². The predicted octanol–water partition coefficient (Wildman–Crippen LogP) is 3.29. The molecule has 0 bridgehead atoms. The van der Waals surface area contributed by atoms with E-state index in [1.54, 1.807) is 11.8 Å². The van der Waals surface area contributed by atoms with Crippen molar-refractivity contribution in [2.45, 2.75) is 24.3 Å². The van der Waals surface area contributed by atoms with Gasteiger partial charge in [0.25, 0.3) is 0 Å². The van der Waals surface area contributed by atoms with Crippen LogP contribution in [0.2, 0.25) is 0 Å². The summed E-state index contributed by atoms with van der Waals surface area (Å²) in [5.41, 5.74) is 1.10. The lowest BCUT2D eigenvalue weighted by atomic mass is 10.2. The summed E-state index contributed by atoms with van der Waals surface area (Å²) in [5, 5.41) is 3.37. The molecule has 1 unspecified atom stereocenters. The summed E-state index contributed by atoms with van der Waals surface area (Å²) >= 11 is 5.22. The number of fused-ring (bicyclic) bond motifs is 1. The molecule has 1 heterocycles. The van der Waals surface area contributed by atoms with E-state index in [9.17, 15) is 4.79 Å². The quantitative estimate of drug-likeness (QED) is 0.869. The molecule has 0 aliphatic carbocycles. The number of carbonyl (C=O) groups is 1. The van der Waals surface area contributed by atoms with Crippen LogP contribution in [-0.2, 0) is 9.53 Å². The molecule has 0 radical (unpaired) electrons. The number of hydrogen-bond acceptors (Lipinski definition) is 4. The van der Waals surface area contributed by atoms with E-state index in [1.165, 1.54) is 4.90 Å². The van der Waals surface area contributed by atoms with Crippen LogP contribution in [0.15, 0.2) is 27.6 Å². The smallest absolute Gasteiger partial charge is 0.307 e. The highest BCUT2D eigenvalue weighted by Crippen LogP contribution is 2.35. The van der Waals surface area contributed by atoms with Crippen molar-refractivity contribution in [3.05, 3.63) is 22.7 Å². The molecule has 1 atom stereocenters. The first kappa shape index (κ1) is 12.8. The number of anilines is 1. The van der Waals surface area contributed by atoms with Gasteiger partial charge in [-0.05, 0) is 25.1 Å². The second-order valence-corrected chi connectivity index (χ2v) is 5.78. The number of esters is 1. The van der Waals surface area contributed by atoms with E-state index < -0.39 is 0 Å². The van der Waals surface area contributed by atoms with Gasteiger partial charge in [0.15, 0.2) is 0 Å². The number of benzene rings is 1. The molecule has 5 heteroatoms. The molecule has 0 aromatic heterocycles. The van der Waals surface area contributed by atoms with Crippen molar-refractivity contribution in [2.24, 2.45) is 0 Å². The number of halogens is 1. The Hall–Kier alpha value is -0.680. The molecule has 0 saturated heterocycles. The second-order valence-electron chi connectivity index (χ2n) is 3.80. The van der Waals surface area contributed by atoms with E-state index in [0.717, 1.165) is 15.9 Å². The third-order valence-electron chi connectivity index (χ3n) is 2.46. The van der Waals surface area contributed by atoms with E-state index in [-0.39, 0.29) is 12.0 Å². The first-order valence-corrected chi connectivity index (χ1v) is 7.31. The predicted molar refractivity (Wildman–Crippen MR) is 73.5 cm³/mol. The van der Waals surface area contributed by atoms with Gasteiger partial charge in [-0.25, -0.2) is 0 Å². The van der Waals surface area contributed by atoms with Gasteiger partial charge >= 0.3 is 5.97 Å². The van der Waals surface area contributed by atoms with Crippen LogP contribution in [0, 0.1) is 0 Å². The molecule has 1 aromatic carbocycles. The minimum absolute atomic E-state index is 0.133. The normalized spacial score (nSPS) is 18.1. The molecule has 2 rings (SSSR count). The maximum absolute atomic E-state index is 11.4. The van der Waals surface area contributed by atoms with Crippen LogP contribution < -0.4 is 5.32 Å². The Morgan fingerprint density at radius 1 is 1.65 bits per heavy atom. The van der Waals surface area contributed by atoms with Crippen LogP contribution in [0.4, 0.5) is 5.69 Å². The van der Waals surface area contributed by atoms with Gasteiger partial charge in [-0.15, -0.1) is 11.8 Å². The van der Waals surface area contributed by atoms with Crippen molar-refractivity contribution in [2.75, 3.05) is 17.7 Å². The number of nitrogens with one attached hydrogen (secondary N) is 1. The summed E-state index contributed by atoms with van der Waals surface area (Å²) in [6.45, 7) is 2.27. The van der Waals surface area contributed by atoms with Crippen LogP contribution in [0.5, 0.6) is 0 Å². The van der Waals surface area contributed by atoms with Gasteiger partial charge in [0, 0.05) is 26.9 Å². The molecule has 0 saturated carbocycles. The standard InChI is InChI=1S/C12H14BrNO2S/c1-2-16-12(15)6-9-7-17-11-5-8(13)3-4-10(11)14-9/h3-5,9,14H,2,6-7H2,1H3. The van der Waals surface area contributed by atoms with Gasteiger partial charge in [0.05, 0.1) is 13.0 Å². The number of thioether (sulfide) groups is 1. The topological polar surface area (TPSA) is 38.3 Å². The zero-order chi connectivity index (χ0) is 12.3. The first-order chi connectivity index (χ1) is 8.19. The van der Waals surface area contributed by atoms with E-state index in [0.29, 0.717) is 13.0 Å². The lowest BCUT2D eigenvalue weighted by Gasteiger charge is -2.26. The van der Waals surface area contributed by atoms with Crippen LogP contribution in [-0.4, -0.2) is 24.4 Å². The van der Waals surface area contributed by atoms with Crippen molar-refractivity contribution in [1.82, 2.24) is 0 Å². The molecule has 0 amide bonds. The lowest BCUT2D eigenvalue weighted by Crippen LogP contribution is -2.29. The summed E-state index contributed by atoms with van der Waals surface area (Å²) in [5.74, 6) is 0.758. The molecule has 17 heavy (non-hydrogen) atoms. The average Bonchev–Trinajstić information content (AvgIpc) is 2.29. The molecule has 0 fully saturated rings. The Balaban J connectivity index is 1.99. The van der Waals surface area contributed by atoms with Gasteiger partial charge < -0.3 is 10.1 Å². The zero-order valence-corrected chi connectivity index (χ0v) is 11.9. The minimum Gasteiger partial charge on any atom is -0.466 e. The van der Waals surface area contributed by atoms with Crippen molar-refractivity contribution in [3.8, 4) is 0 Å². The summed E-state index contributed by atoms with van der Waals surface area (Å²) in [4.78, 5) is 12.6. The minimum atomic E-state index is -0.133. The van der Waals surface area contributed by atoms with Gasteiger partial charge in [-0.2, -0.15) is 0 Å². The van der Waals surface area contributed by atoms with Crippen molar-refractivity contribution in [1.29, 1.82) is 0 Å². The van der Waals surface area contributed by atoms with Crippen LogP contribution >= 0.6 is 27.7 Å². The number of carbonyl (C=O) groups excluding carboxylic acids is 1. The third-order valence-corrected chi connectivity index (χ3v) is 4.17. The maximum atomic E-state index is 11.4. The zero-order valence-electron chi connectivity index (χ0n) is 9.53. The van der Waals surface area contributed by atoms with Crippen molar-refractivity contribution in [3.63, 3.8) is 0 Å². The van der Waals surface area contributed by atoms with Gasteiger partial charge in [-0.3, -0.25) is 4.79 Å². The molecule has 1 N–H and O–H groups in total. The van der Waals surface area contributed by atoms with Gasteiger partial charge in [-0.1, -0.05) is 15.9 Å². The van der Waals surface area contributed by atoms with Gasteiger partial charge in [0.1, 0.15) is 0 Å². The molecule has 92 valence electrons. The fraction of sp³-hybridized carbons (Fsp3) is 0.417. The van der Waals surface area contributed by atoms with Gasteiger partial charge in [0.2, 0.25) is 0 Å². The summed E-state index contributed by atoms with van der Waals surface area (Å²) in [6.07, 6.45) is 0.427. The lowest BCUT2D eigenvalue weighted by molar-refractivity contribution is -0.143. The molecule has 3 nitrogen and oxygen atoms in total. The SMILES string of the molecule is CCOC(=O)CC1CSc2cc(Br)ccc2N1. The summed E-state index contributed by atoms with van der Waals surface area (Å²) in [7, 11) is 0. The molecule has 0 spiro atoms. The third kappa shape index (κ3) is 3.39. The van der Waals surface area contributed by atoms with E-state index in [4.69, 9.17) is 4.74 Å². The van der Waals surface area contributed by atoms with Crippen LogP contribution in [0.3, 0.4) is 0 Å². The molecule has 1 aliphatic rings. The Labute approximate surface area is 113 Å².